The molecule has 0 saturated carbocycles. The zero-order valence-electron chi connectivity index (χ0n) is 14.1. The molecule has 0 atom stereocenters. The Morgan fingerprint density at radius 1 is 1.22 bits per heavy atom. The van der Waals surface area contributed by atoms with Crippen LogP contribution in [0.1, 0.15) is 12.8 Å². The standard InChI is InChI=1S/C18H16ClFN4O3/c19-14-8-11(3-5-15(14)20)23-18-13-9-12(4-6-16(13)21-10-22-18)27-7-1-2-17(25)24-26/h3-6,8-10,26H,1-2,7H2,(H,24,25)(H,21,22,23). The second-order valence-corrected chi connectivity index (χ2v) is 6.05. The Kier molecular flexibility index (Phi) is 6.00. The molecular formula is C18H16ClFN4O3. The molecule has 0 fully saturated rings. The summed E-state index contributed by atoms with van der Waals surface area (Å²) >= 11 is 5.82. The third kappa shape index (κ3) is 4.81. The predicted octanol–water partition coefficient (Wildman–Crippen LogP) is 3.83. The average Bonchev–Trinajstić information content (AvgIpc) is 2.68. The number of carbonyl (C=O) groups excluding carboxylic acids is 1. The summed E-state index contributed by atoms with van der Waals surface area (Å²) in [7, 11) is 0. The molecule has 140 valence electrons. The van der Waals surface area contributed by atoms with Crippen molar-refractivity contribution in [2.45, 2.75) is 12.8 Å². The highest BCUT2D eigenvalue weighted by Gasteiger charge is 2.08. The van der Waals surface area contributed by atoms with Crippen LogP contribution >= 0.6 is 11.6 Å². The van der Waals surface area contributed by atoms with Gasteiger partial charge in [-0.2, -0.15) is 0 Å². The van der Waals surface area contributed by atoms with Crippen LogP contribution in [0.2, 0.25) is 5.02 Å². The highest BCUT2D eigenvalue weighted by atomic mass is 35.5. The summed E-state index contributed by atoms with van der Waals surface area (Å²) in [5.41, 5.74) is 2.86. The molecule has 2 aromatic carbocycles. The third-order valence-corrected chi connectivity index (χ3v) is 4.02. The molecule has 0 radical (unpaired) electrons. The van der Waals surface area contributed by atoms with Crippen molar-refractivity contribution in [3.8, 4) is 5.75 Å². The molecule has 9 heteroatoms. The van der Waals surface area contributed by atoms with Crippen molar-refractivity contribution >= 4 is 39.9 Å². The van der Waals surface area contributed by atoms with Gasteiger partial charge < -0.3 is 10.1 Å². The van der Waals surface area contributed by atoms with Crippen LogP contribution in [0, 0.1) is 5.82 Å². The van der Waals surface area contributed by atoms with Crippen LogP contribution in [0.5, 0.6) is 5.75 Å². The molecule has 1 amide bonds. The maximum absolute atomic E-state index is 13.3. The molecule has 0 unspecified atom stereocenters. The fourth-order valence-corrected chi connectivity index (χ4v) is 2.59. The van der Waals surface area contributed by atoms with E-state index in [0.29, 0.717) is 41.2 Å². The first kappa shape index (κ1) is 18.8. The van der Waals surface area contributed by atoms with E-state index in [1.165, 1.54) is 18.5 Å². The molecule has 3 aromatic rings. The van der Waals surface area contributed by atoms with Crippen molar-refractivity contribution < 1.29 is 19.1 Å². The molecule has 0 aliphatic rings. The number of halogens is 2. The fourth-order valence-electron chi connectivity index (χ4n) is 2.41. The highest BCUT2D eigenvalue weighted by Crippen LogP contribution is 2.28. The zero-order chi connectivity index (χ0) is 19.2. The molecule has 0 bridgehead atoms. The van der Waals surface area contributed by atoms with Gasteiger partial charge in [-0.25, -0.2) is 19.8 Å². The molecule has 1 aromatic heterocycles. The van der Waals surface area contributed by atoms with Crippen LogP contribution in [-0.4, -0.2) is 27.7 Å². The first-order chi connectivity index (χ1) is 13.1. The predicted molar refractivity (Wildman–Crippen MR) is 98.9 cm³/mol. The Labute approximate surface area is 159 Å². The van der Waals surface area contributed by atoms with Gasteiger partial charge in [0.1, 0.15) is 23.7 Å². The summed E-state index contributed by atoms with van der Waals surface area (Å²) in [4.78, 5) is 19.4. The minimum absolute atomic E-state index is 0.00861. The van der Waals surface area contributed by atoms with E-state index in [-0.39, 0.29) is 11.4 Å². The molecule has 0 aliphatic heterocycles. The normalized spacial score (nSPS) is 10.6. The van der Waals surface area contributed by atoms with Gasteiger partial charge >= 0.3 is 0 Å². The molecule has 0 spiro atoms. The van der Waals surface area contributed by atoms with Crippen molar-refractivity contribution in [3.05, 3.63) is 53.6 Å². The molecular weight excluding hydrogens is 375 g/mol. The molecule has 27 heavy (non-hydrogen) atoms. The van der Waals surface area contributed by atoms with Gasteiger partial charge in [-0.1, -0.05) is 11.6 Å². The Balaban J connectivity index is 1.77. The van der Waals surface area contributed by atoms with E-state index in [1.54, 1.807) is 29.7 Å². The number of carbonyl (C=O) groups is 1. The zero-order valence-corrected chi connectivity index (χ0v) is 14.8. The first-order valence-electron chi connectivity index (χ1n) is 8.09. The number of nitrogens with zero attached hydrogens (tertiary/aromatic N) is 2. The number of amides is 1. The number of fused-ring (bicyclic) bond motifs is 1. The second kappa shape index (κ2) is 8.61. The number of rotatable bonds is 7. The van der Waals surface area contributed by atoms with Gasteiger partial charge in [0.15, 0.2) is 0 Å². The van der Waals surface area contributed by atoms with Gasteiger partial charge in [-0.05, 0) is 42.8 Å². The van der Waals surface area contributed by atoms with E-state index in [0.717, 1.165) is 0 Å². The van der Waals surface area contributed by atoms with Crippen LogP contribution in [0.4, 0.5) is 15.9 Å². The number of ether oxygens (including phenoxy) is 1. The summed E-state index contributed by atoms with van der Waals surface area (Å²) in [5.74, 6) is 0.143. The maximum atomic E-state index is 13.3. The summed E-state index contributed by atoms with van der Waals surface area (Å²) in [6, 6.07) is 9.62. The monoisotopic (exact) mass is 390 g/mol. The van der Waals surface area contributed by atoms with Gasteiger partial charge in [0, 0.05) is 17.5 Å². The number of anilines is 2. The van der Waals surface area contributed by atoms with Crippen LogP contribution < -0.4 is 15.5 Å². The van der Waals surface area contributed by atoms with Crippen molar-refractivity contribution in [2.75, 3.05) is 11.9 Å². The lowest BCUT2D eigenvalue weighted by molar-refractivity contribution is -0.129. The van der Waals surface area contributed by atoms with Crippen molar-refractivity contribution in [1.82, 2.24) is 15.4 Å². The second-order valence-electron chi connectivity index (χ2n) is 5.64. The van der Waals surface area contributed by atoms with E-state index >= 15 is 0 Å². The number of hydrogen-bond acceptors (Lipinski definition) is 6. The number of hydrogen-bond donors (Lipinski definition) is 3. The van der Waals surface area contributed by atoms with Gasteiger partial charge in [-0.3, -0.25) is 10.0 Å². The van der Waals surface area contributed by atoms with Crippen molar-refractivity contribution in [3.63, 3.8) is 0 Å². The van der Waals surface area contributed by atoms with E-state index < -0.39 is 11.7 Å². The lowest BCUT2D eigenvalue weighted by Crippen LogP contribution is -2.18. The maximum Gasteiger partial charge on any atom is 0.243 e. The molecule has 0 aliphatic carbocycles. The summed E-state index contributed by atoms with van der Waals surface area (Å²) in [6.07, 6.45) is 2.03. The van der Waals surface area contributed by atoms with Gasteiger partial charge in [0.2, 0.25) is 5.91 Å². The molecule has 3 N–H and O–H groups in total. The molecule has 3 rings (SSSR count). The topological polar surface area (TPSA) is 96.4 Å². The average molecular weight is 391 g/mol. The largest absolute Gasteiger partial charge is 0.494 e. The highest BCUT2D eigenvalue weighted by molar-refractivity contribution is 6.31. The molecule has 0 saturated heterocycles. The van der Waals surface area contributed by atoms with Crippen LogP contribution in [0.3, 0.4) is 0 Å². The van der Waals surface area contributed by atoms with E-state index in [9.17, 15) is 9.18 Å². The lowest BCUT2D eigenvalue weighted by atomic mass is 10.2. The quantitative estimate of drug-likeness (QED) is 0.322. The molecule has 1 heterocycles. The Bertz CT molecular complexity index is 970. The van der Waals surface area contributed by atoms with Crippen molar-refractivity contribution in [1.29, 1.82) is 0 Å². The smallest absolute Gasteiger partial charge is 0.243 e. The van der Waals surface area contributed by atoms with E-state index in [4.69, 9.17) is 21.5 Å². The van der Waals surface area contributed by atoms with Crippen LogP contribution in [0.25, 0.3) is 10.9 Å². The lowest BCUT2D eigenvalue weighted by Gasteiger charge is -2.11. The van der Waals surface area contributed by atoms with E-state index in [2.05, 4.69) is 15.3 Å². The van der Waals surface area contributed by atoms with Crippen LogP contribution in [-0.2, 0) is 4.79 Å². The summed E-state index contributed by atoms with van der Waals surface area (Å²) in [6.45, 7) is 0.308. The number of nitrogens with one attached hydrogen (secondary N) is 2. The minimum atomic E-state index is -0.500. The Morgan fingerprint density at radius 3 is 2.85 bits per heavy atom. The third-order valence-electron chi connectivity index (χ3n) is 3.73. The Hall–Kier alpha value is -2.97. The van der Waals surface area contributed by atoms with Crippen LogP contribution in [0.15, 0.2) is 42.7 Å². The number of benzene rings is 2. The van der Waals surface area contributed by atoms with Gasteiger partial charge in [-0.15, -0.1) is 0 Å². The number of aromatic nitrogens is 2. The minimum Gasteiger partial charge on any atom is -0.494 e. The summed E-state index contributed by atoms with van der Waals surface area (Å²) in [5, 5.41) is 12.3. The first-order valence-corrected chi connectivity index (χ1v) is 8.47. The van der Waals surface area contributed by atoms with E-state index in [1.807, 2.05) is 0 Å². The fraction of sp³-hybridized carbons (Fsp3) is 0.167. The van der Waals surface area contributed by atoms with Crippen molar-refractivity contribution in [2.24, 2.45) is 0 Å². The Morgan fingerprint density at radius 2 is 2.07 bits per heavy atom. The van der Waals surface area contributed by atoms with Gasteiger partial charge in [0.05, 0.1) is 17.1 Å². The summed E-state index contributed by atoms with van der Waals surface area (Å²) < 4.78 is 19.0. The number of hydroxylamine groups is 1. The SMILES string of the molecule is O=C(CCCOc1ccc2ncnc(Nc3ccc(F)c(Cl)c3)c2c1)NO. The van der Waals surface area contributed by atoms with Gasteiger partial charge in [0.25, 0.3) is 0 Å². The molecule has 7 nitrogen and oxygen atoms in total.